The van der Waals surface area contributed by atoms with Crippen molar-refractivity contribution in [1.82, 2.24) is 4.98 Å². The normalized spacial score (nSPS) is 16.7. The van der Waals surface area contributed by atoms with Crippen LogP contribution >= 0.6 is 0 Å². The Morgan fingerprint density at radius 1 is 0.946 bits per heavy atom. The summed E-state index contributed by atoms with van der Waals surface area (Å²) in [4.78, 5) is 44.5. The maximum Gasteiger partial charge on any atom is 0.338 e. The van der Waals surface area contributed by atoms with Gasteiger partial charge in [-0.3, -0.25) is 19.5 Å². The summed E-state index contributed by atoms with van der Waals surface area (Å²) in [6, 6.07) is 13.3. The summed E-state index contributed by atoms with van der Waals surface area (Å²) in [5.41, 5.74) is 1.23. The number of nitrogens with zero attached hydrogens (tertiary/aromatic N) is 2. The Labute approximate surface area is 213 Å². The monoisotopic (exact) mass is 502 g/mol. The van der Waals surface area contributed by atoms with Crippen molar-refractivity contribution >= 4 is 29.1 Å². The standard InChI is InChI=1S/C28H26N2O7/c1-16(2)37-28(34)19-6-5-7-20(14-19)30-24(17-10-12-29-13-11-17)23(26(32)27(30)33)25(31)18-8-9-21(35-3)22(15-18)36-4/h5-16,24,31H,1-4H3/b25-23+. The third-order valence-corrected chi connectivity index (χ3v) is 5.83. The Morgan fingerprint density at radius 3 is 2.30 bits per heavy atom. The lowest BCUT2D eigenvalue weighted by Gasteiger charge is -2.25. The first-order valence-corrected chi connectivity index (χ1v) is 11.5. The molecule has 1 amide bonds. The number of hydrogen-bond acceptors (Lipinski definition) is 8. The molecule has 1 atom stereocenters. The number of ketones is 1. The third-order valence-electron chi connectivity index (χ3n) is 5.83. The van der Waals surface area contributed by atoms with Crippen LogP contribution in [0, 0.1) is 0 Å². The minimum absolute atomic E-state index is 0.112. The first-order valence-electron chi connectivity index (χ1n) is 11.5. The van der Waals surface area contributed by atoms with Gasteiger partial charge in [0.25, 0.3) is 11.7 Å². The molecule has 2 aromatic carbocycles. The molecule has 9 nitrogen and oxygen atoms in total. The van der Waals surface area contributed by atoms with E-state index >= 15 is 0 Å². The van der Waals surface area contributed by atoms with Crippen LogP contribution in [0.3, 0.4) is 0 Å². The second-order valence-electron chi connectivity index (χ2n) is 8.52. The molecule has 2 heterocycles. The summed E-state index contributed by atoms with van der Waals surface area (Å²) in [5, 5.41) is 11.3. The van der Waals surface area contributed by atoms with E-state index in [0.717, 1.165) is 0 Å². The molecule has 3 aromatic rings. The van der Waals surface area contributed by atoms with Gasteiger partial charge in [-0.1, -0.05) is 6.07 Å². The lowest BCUT2D eigenvalue weighted by atomic mass is 9.95. The average molecular weight is 503 g/mol. The molecule has 1 aliphatic rings. The van der Waals surface area contributed by atoms with Crippen LogP contribution in [0.5, 0.6) is 11.5 Å². The number of amides is 1. The number of methoxy groups -OCH3 is 2. The Kier molecular flexibility index (Phi) is 7.24. The molecule has 9 heteroatoms. The van der Waals surface area contributed by atoms with Crippen LogP contribution in [0.2, 0.25) is 0 Å². The van der Waals surface area contributed by atoms with Crippen LogP contribution in [0.25, 0.3) is 5.76 Å². The van der Waals surface area contributed by atoms with Gasteiger partial charge in [0.05, 0.1) is 37.5 Å². The molecule has 4 rings (SSSR count). The zero-order valence-electron chi connectivity index (χ0n) is 20.8. The molecule has 1 saturated heterocycles. The Balaban J connectivity index is 1.88. The number of esters is 1. The molecule has 0 spiro atoms. The maximum absolute atomic E-state index is 13.4. The quantitative estimate of drug-likeness (QED) is 0.220. The van der Waals surface area contributed by atoms with Gasteiger partial charge in [0.1, 0.15) is 5.76 Å². The van der Waals surface area contributed by atoms with Crippen LogP contribution in [0.15, 0.2) is 72.6 Å². The first kappa shape index (κ1) is 25.4. The van der Waals surface area contributed by atoms with E-state index < -0.39 is 23.7 Å². The van der Waals surface area contributed by atoms with Gasteiger partial charge in [-0.05, 0) is 67.9 Å². The smallest absolute Gasteiger partial charge is 0.338 e. The molecule has 1 aromatic heterocycles. The number of anilines is 1. The number of hydrogen-bond donors (Lipinski definition) is 1. The van der Waals surface area contributed by atoms with Crippen molar-refractivity contribution in [1.29, 1.82) is 0 Å². The molecule has 1 fully saturated rings. The van der Waals surface area contributed by atoms with E-state index in [0.29, 0.717) is 22.7 Å². The minimum atomic E-state index is -0.979. The Morgan fingerprint density at radius 2 is 1.65 bits per heavy atom. The van der Waals surface area contributed by atoms with Crippen molar-refractivity contribution in [3.05, 3.63) is 89.3 Å². The van der Waals surface area contributed by atoms with Gasteiger partial charge in [-0.15, -0.1) is 0 Å². The largest absolute Gasteiger partial charge is 0.507 e. The van der Waals surface area contributed by atoms with Crippen molar-refractivity contribution in [3.8, 4) is 11.5 Å². The second kappa shape index (κ2) is 10.5. The van der Waals surface area contributed by atoms with E-state index in [1.165, 1.54) is 43.6 Å². The highest BCUT2D eigenvalue weighted by Crippen LogP contribution is 2.43. The summed E-state index contributed by atoms with van der Waals surface area (Å²) in [6.45, 7) is 3.47. The molecular weight excluding hydrogens is 476 g/mol. The molecule has 1 unspecified atom stereocenters. The zero-order chi connectivity index (χ0) is 26.7. The minimum Gasteiger partial charge on any atom is -0.507 e. The fourth-order valence-electron chi connectivity index (χ4n) is 4.16. The number of pyridine rings is 1. The molecule has 1 aliphatic heterocycles. The Hall–Kier alpha value is -4.66. The van der Waals surface area contributed by atoms with Gasteiger partial charge >= 0.3 is 5.97 Å². The van der Waals surface area contributed by atoms with Crippen LogP contribution < -0.4 is 14.4 Å². The van der Waals surface area contributed by atoms with Gasteiger partial charge in [0, 0.05) is 23.6 Å². The molecule has 37 heavy (non-hydrogen) atoms. The number of carbonyl (C=O) groups is 3. The van der Waals surface area contributed by atoms with Gasteiger partial charge < -0.3 is 19.3 Å². The number of rotatable bonds is 7. The van der Waals surface area contributed by atoms with Crippen LogP contribution in [-0.2, 0) is 14.3 Å². The predicted molar refractivity (Wildman–Crippen MR) is 136 cm³/mol. The first-order chi connectivity index (χ1) is 17.8. The van der Waals surface area contributed by atoms with E-state index in [-0.39, 0.29) is 28.6 Å². The summed E-state index contributed by atoms with van der Waals surface area (Å²) in [5.74, 6) is -1.87. The van der Waals surface area contributed by atoms with Crippen molar-refractivity contribution < 1.29 is 33.7 Å². The summed E-state index contributed by atoms with van der Waals surface area (Å²) >= 11 is 0. The topological polar surface area (TPSA) is 115 Å². The van der Waals surface area contributed by atoms with E-state index in [2.05, 4.69) is 4.98 Å². The summed E-state index contributed by atoms with van der Waals surface area (Å²) < 4.78 is 15.9. The van der Waals surface area contributed by atoms with Crippen LogP contribution in [0.4, 0.5) is 5.69 Å². The number of Topliss-reactive ketones (excluding diaryl/α,β-unsaturated/α-hetero) is 1. The highest BCUT2D eigenvalue weighted by atomic mass is 16.5. The lowest BCUT2D eigenvalue weighted by molar-refractivity contribution is -0.132. The van der Waals surface area contributed by atoms with E-state index in [9.17, 15) is 19.5 Å². The molecule has 0 radical (unpaired) electrons. The number of aromatic nitrogens is 1. The lowest BCUT2D eigenvalue weighted by Crippen LogP contribution is -2.29. The molecule has 190 valence electrons. The van der Waals surface area contributed by atoms with Crippen LogP contribution in [0.1, 0.15) is 41.4 Å². The van der Waals surface area contributed by atoms with Gasteiger partial charge in [0.15, 0.2) is 11.5 Å². The average Bonchev–Trinajstić information content (AvgIpc) is 3.18. The third kappa shape index (κ3) is 4.88. The zero-order valence-corrected chi connectivity index (χ0v) is 20.8. The van der Waals surface area contributed by atoms with Gasteiger partial charge in [-0.2, -0.15) is 0 Å². The number of aliphatic hydroxyl groups is 1. The fourth-order valence-corrected chi connectivity index (χ4v) is 4.16. The second-order valence-corrected chi connectivity index (χ2v) is 8.52. The van der Waals surface area contributed by atoms with Crippen molar-refractivity contribution in [2.45, 2.75) is 26.0 Å². The summed E-state index contributed by atoms with van der Waals surface area (Å²) in [7, 11) is 2.94. The molecule has 0 bridgehead atoms. The number of ether oxygens (including phenoxy) is 3. The van der Waals surface area contributed by atoms with Crippen molar-refractivity contribution in [2.24, 2.45) is 0 Å². The highest BCUT2D eigenvalue weighted by Gasteiger charge is 2.47. The predicted octanol–water partition coefficient (Wildman–Crippen LogP) is 4.29. The van der Waals surface area contributed by atoms with Crippen LogP contribution in [-0.4, -0.2) is 48.1 Å². The van der Waals surface area contributed by atoms with E-state index in [4.69, 9.17) is 14.2 Å². The summed E-state index contributed by atoms with van der Waals surface area (Å²) in [6.07, 6.45) is 2.73. The number of carbonyl (C=O) groups excluding carboxylic acids is 3. The van der Waals surface area contributed by atoms with Crippen molar-refractivity contribution in [3.63, 3.8) is 0 Å². The molecule has 1 N–H and O–H groups in total. The van der Waals surface area contributed by atoms with Gasteiger partial charge in [0.2, 0.25) is 0 Å². The molecule has 0 saturated carbocycles. The molecular formula is C28H26N2O7. The highest BCUT2D eigenvalue weighted by molar-refractivity contribution is 6.51. The number of benzene rings is 2. The van der Waals surface area contributed by atoms with Gasteiger partial charge in [-0.25, -0.2) is 4.79 Å². The van der Waals surface area contributed by atoms with Crippen molar-refractivity contribution in [2.75, 3.05) is 19.1 Å². The Bertz CT molecular complexity index is 1380. The maximum atomic E-state index is 13.4. The SMILES string of the molecule is COc1ccc(/C(O)=C2\C(=O)C(=O)N(c3cccc(C(=O)OC(C)C)c3)C2c2ccncc2)cc1OC. The fraction of sp³-hybridized carbons (Fsp3) is 0.214. The van der Waals surface area contributed by atoms with E-state index in [1.54, 1.807) is 56.3 Å². The molecule has 0 aliphatic carbocycles. The van der Waals surface area contributed by atoms with E-state index in [1.807, 2.05) is 0 Å². The number of aliphatic hydroxyl groups excluding tert-OH is 1.